The number of hydrogen-bond acceptors (Lipinski definition) is 7. The predicted molar refractivity (Wildman–Crippen MR) is 121 cm³/mol. The molecule has 1 amide bonds. The quantitative estimate of drug-likeness (QED) is 0.619. The third-order valence-electron chi connectivity index (χ3n) is 6.43. The van der Waals surface area contributed by atoms with Gasteiger partial charge in [-0.2, -0.15) is 5.10 Å². The molecular formula is C24H25FN6O2. The van der Waals surface area contributed by atoms with Crippen LogP contribution in [-0.4, -0.2) is 45.2 Å². The van der Waals surface area contributed by atoms with E-state index in [2.05, 4.69) is 25.7 Å². The van der Waals surface area contributed by atoms with Gasteiger partial charge in [-0.25, -0.2) is 9.18 Å². The molecule has 1 aliphatic carbocycles. The molecule has 9 heteroatoms. The van der Waals surface area contributed by atoms with Crippen LogP contribution in [0.1, 0.15) is 31.4 Å². The number of nitrogens with zero attached hydrogens (tertiary/aromatic N) is 5. The summed E-state index contributed by atoms with van der Waals surface area (Å²) in [6, 6.07) is 13.8. The average molecular weight is 449 g/mol. The van der Waals surface area contributed by atoms with E-state index >= 15 is 0 Å². The summed E-state index contributed by atoms with van der Waals surface area (Å²) >= 11 is 0. The summed E-state index contributed by atoms with van der Waals surface area (Å²) in [7, 11) is 0. The van der Waals surface area contributed by atoms with E-state index < -0.39 is 5.60 Å². The third-order valence-corrected chi connectivity index (χ3v) is 6.43. The lowest BCUT2D eigenvalue weighted by Crippen LogP contribution is -2.39. The molecule has 1 saturated heterocycles. The second-order valence-electron chi connectivity index (χ2n) is 8.78. The Morgan fingerprint density at radius 3 is 2.58 bits per heavy atom. The van der Waals surface area contributed by atoms with Crippen molar-refractivity contribution in [3.05, 3.63) is 60.0 Å². The molecule has 1 N–H and O–H groups in total. The Morgan fingerprint density at radius 2 is 1.88 bits per heavy atom. The van der Waals surface area contributed by atoms with Crippen LogP contribution in [0.3, 0.4) is 0 Å². The van der Waals surface area contributed by atoms with Crippen molar-refractivity contribution in [3.8, 4) is 11.3 Å². The van der Waals surface area contributed by atoms with Crippen molar-refractivity contribution >= 4 is 17.7 Å². The summed E-state index contributed by atoms with van der Waals surface area (Å²) in [6.07, 6.45) is 3.13. The maximum atomic E-state index is 13.9. The van der Waals surface area contributed by atoms with Crippen molar-refractivity contribution in [2.24, 2.45) is 5.92 Å². The molecule has 1 aliphatic heterocycles. The zero-order valence-corrected chi connectivity index (χ0v) is 18.4. The van der Waals surface area contributed by atoms with Crippen LogP contribution in [0.5, 0.6) is 0 Å². The Labute approximate surface area is 191 Å². The molecule has 5 rings (SSSR count). The molecule has 2 aromatic heterocycles. The number of hydrogen-bond donors (Lipinski definition) is 1. The molecule has 0 radical (unpaired) electrons. The van der Waals surface area contributed by atoms with Crippen LogP contribution >= 0.6 is 0 Å². The van der Waals surface area contributed by atoms with Crippen molar-refractivity contribution in [1.29, 1.82) is 0 Å². The van der Waals surface area contributed by atoms with Crippen molar-refractivity contribution in [1.82, 2.24) is 20.4 Å². The highest BCUT2D eigenvalue weighted by Crippen LogP contribution is 2.40. The number of ether oxygens (including phenoxy) is 1. The minimum absolute atomic E-state index is 0.316. The molecule has 0 bridgehead atoms. The van der Waals surface area contributed by atoms with Gasteiger partial charge in [-0.05, 0) is 74.9 Å². The molecule has 3 heterocycles. The number of anilines is 2. The fraction of sp³-hybridized carbons (Fsp3) is 0.375. The van der Waals surface area contributed by atoms with Gasteiger partial charge in [-0.1, -0.05) is 12.1 Å². The summed E-state index contributed by atoms with van der Waals surface area (Å²) in [5.74, 6) is 1.32. The first-order valence-corrected chi connectivity index (χ1v) is 11.1. The van der Waals surface area contributed by atoms with E-state index in [1.165, 1.54) is 6.07 Å². The zero-order valence-electron chi connectivity index (χ0n) is 18.4. The van der Waals surface area contributed by atoms with Gasteiger partial charge in [0.05, 0.1) is 17.9 Å². The van der Waals surface area contributed by atoms with Gasteiger partial charge in [0.15, 0.2) is 5.82 Å². The summed E-state index contributed by atoms with van der Waals surface area (Å²) in [6.45, 7) is 3.12. The summed E-state index contributed by atoms with van der Waals surface area (Å²) in [5, 5.41) is 19.9. The number of carbonyl (C=O) groups is 1. The normalized spacial score (nSPS) is 22.4. The summed E-state index contributed by atoms with van der Waals surface area (Å²) in [5.41, 5.74) is 1.29. The topological polar surface area (TPSA) is 93.1 Å². The lowest BCUT2D eigenvalue weighted by Gasteiger charge is -2.35. The molecule has 2 aliphatic rings. The maximum absolute atomic E-state index is 13.9. The van der Waals surface area contributed by atoms with Gasteiger partial charge in [0.25, 0.3) is 0 Å². The average Bonchev–Trinajstić information content (AvgIpc) is 3.15. The van der Waals surface area contributed by atoms with Gasteiger partial charge in [0, 0.05) is 12.1 Å². The third kappa shape index (κ3) is 4.48. The van der Waals surface area contributed by atoms with E-state index in [1.54, 1.807) is 35.2 Å². The number of amides is 1. The molecule has 1 aromatic carbocycles. The Bertz CT molecular complexity index is 1130. The fourth-order valence-corrected chi connectivity index (χ4v) is 4.49. The largest absolute Gasteiger partial charge is 0.441 e. The number of nitrogens with one attached hydrogen (secondary N) is 1. The number of carbonyl (C=O) groups excluding carboxylic acids is 1. The van der Waals surface area contributed by atoms with Crippen LogP contribution in [0.15, 0.2) is 48.5 Å². The molecule has 170 valence electrons. The lowest BCUT2D eigenvalue weighted by molar-refractivity contribution is 0.0148. The van der Waals surface area contributed by atoms with Crippen molar-refractivity contribution in [2.75, 3.05) is 23.3 Å². The smallest absolute Gasteiger partial charge is 0.416 e. The zero-order chi connectivity index (χ0) is 22.8. The monoisotopic (exact) mass is 448 g/mol. The molecule has 1 saturated carbocycles. The van der Waals surface area contributed by atoms with E-state index in [4.69, 9.17) is 4.74 Å². The number of aryl methyl sites for hydroxylation is 1. The minimum atomic E-state index is -0.457. The Kier molecular flexibility index (Phi) is 5.62. The van der Waals surface area contributed by atoms with E-state index in [0.717, 1.165) is 37.9 Å². The van der Waals surface area contributed by atoms with Gasteiger partial charge in [0.1, 0.15) is 17.2 Å². The number of aromatic nitrogens is 4. The van der Waals surface area contributed by atoms with Crippen LogP contribution in [0, 0.1) is 18.7 Å². The van der Waals surface area contributed by atoms with Crippen molar-refractivity contribution in [2.45, 2.75) is 38.2 Å². The highest BCUT2D eigenvalue weighted by Gasteiger charge is 2.48. The van der Waals surface area contributed by atoms with Crippen LogP contribution in [0.2, 0.25) is 0 Å². The highest BCUT2D eigenvalue weighted by molar-refractivity contribution is 5.89. The van der Waals surface area contributed by atoms with Crippen LogP contribution in [0.25, 0.3) is 11.3 Å². The van der Waals surface area contributed by atoms with Gasteiger partial charge < -0.3 is 10.1 Å². The molecule has 0 unspecified atom stereocenters. The van der Waals surface area contributed by atoms with E-state index in [9.17, 15) is 9.18 Å². The lowest BCUT2D eigenvalue weighted by atomic mass is 9.78. The number of benzene rings is 1. The molecule has 2 fully saturated rings. The van der Waals surface area contributed by atoms with E-state index in [0.29, 0.717) is 35.4 Å². The Balaban J connectivity index is 1.14. The van der Waals surface area contributed by atoms with E-state index in [1.807, 2.05) is 19.1 Å². The second kappa shape index (κ2) is 8.73. The first kappa shape index (κ1) is 21.2. The van der Waals surface area contributed by atoms with Gasteiger partial charge in [-0.15, -0.1) is 15.3 Å². The Hall–Kier alpha value is -3.62. The summed E-state index contributed by atoms with van der Waals surface area (Å²) < 4.78 is 19.7. The van der Waals surface area contributed by atoms with Gasteiger partial charge >= 0.3 is 6.09 Å². The van der Waals surface area contributed by atoms with Crippen LogP contribution < -0.4 is 10.2 Å². The first-order chi connectivity index (χ1) is 16.0. The molecular weight excluding hydrogens is 423 g/mol. The molecule has 8 nitrogen and oxygen atoms in total. The van der Waals surface area contributed by atoms with Crippen LogP contribution in [-0.2, 0) is 4.74 Å². The summed E-state index contributed by atoms with van der Waals surface area (Å²) in [4.78, 5) is 14.0. The number of halogens is 1. The predicted octanol–water partition coefficient (Wildman–Crippen LogP) is 4.38. The fourth-order valence-electron chi connectivity index (χ4n) is 4.49. The first-order valence-electron chi connectivity index (χ1n) is 11.1. The minimum Gasteiger partial charge on any atom is -0.441 e. The van der Waals surface area contributed by atoms with Crippen molar-refractivity contribution in [3.63, 3.8) is 0 Å². The maximum Gasteiger partial charge on any atom is 0.416 e. The SMILES string of the molecule is Cc1ccc(N2C[C@]3(CC[C@@H](CNc4ccc(-c5ccccc5F)nn4)CC3)OC2=O)nn1. The molecule has 3 aromatic rings. The van der Waals surface area contributed by atoms with Gasteiger partial charge in [0.2, 0.25) is 0 Å². The molecule has 0 atom stereocenters. The standard InChI is InChI=1S/C24H25FN6O2/c1-16-6-9-22(30-27-16)31-15-24(33-23(31)32)12-10-17(11-13-24)14-26-21-8-7-20(28-29-21)18-4-2-3-5-19(18)25/h2-9,17H,10-15H2,1H3,(H,26,29)/t17-,24-. The number of rotatable bonds is 5. The highest BCUT2D eigenvalue weighted by atomic mass is 19.1. The van der Waals surface area contributed by atoms with Crippen LogP contribution in [0.4, 0.5) is 20.8 Å². The second-order valence-corrected chi connectivity index (χ2v) is 8.78. The van der Waals surface area contributed by atoms with Gasteiger partial charge in [-0.3, -0.25) is 4.90 Å². The Morgan fingerprint density at radius 1 is 1.06 bits per heavy atom. The molecule has 1 spiro atoms. The van der Waals surface area contributed by atoms with E-state index in [-0.39, 0.29) is 11.9 Å². The molecule has 33 heavy (non-hydrogen) atoms. The van der Waals surface area contributed by atoms with Crippen molar-refractivity contribution < 1.29 is 13.9 Å².